The van der Waals surface area contributed by atoms with Crippen molar-refractivity contribution in [3.8, 4) is 0 Å². The lowest BCUT2D eigenvalue weighted by atomic mass is 9.85. The third kappa shape index (κ3) is 1.35. The molecule has 1 aromatic carbocycles. The summed E-state index contributed by atoms with van der Waals surface area (Å²) in [5.41, 5.74) is 7.06. The Kier molecular flexibility index (Phi) is 2.10. The fourth-order valence-electron chi connectivity index (χ4n) is 3.99. The monoisotopic (exact) mass is 256 g/mol. The van der Waals surface area contributed by atoms with Crippen molar-refractivity contribution in [3.05, 3.63) is 36.4 Å². The normalized spacial score (nSPS) is 39.1. The number of nitrogen functional groups attached to an aromatic ring is 1. The second-order valence-corrected chi connectivity index (χ2v) is 5.76. The van der Waals surface area contributed by atoms with Crippen molar-refractivity contribution in [2.75, 3.05) is 10.6 Å². The van der Waals surface area contributed by atoms with E-state index in [0.29, 0.717) is 17.5 Å². The van der Waals surface area contributed by atoms with Crippen LogP contribution in [0.15, 0.2) is 36.4 Å². The first kappa shape index (κ1) is 11.1. The van der Waals surface area contributed by atoms with Crippen LogP contribution < -0.4 is 10.6 Å². The zero-order valence-corrected chi connectivity index (χ0v) is 10.4. The van der Waals surface area contributed by atoms with Crippen molar-refractivity contribution >= 4 is 17.3 Å². The van der Waals surface area contributed by atoms with Crippen molar-refractivity contribution in [2.24, 2.45) is 23.7 Å². The number of carbonyl (C=O) groups excluding carboxylic acids is 1. The second kappa shape index (κ2) is 3.61. The summed E-state index contributed by atoms with van der Waals surface area (Å²) >= 11 is 0. The second-order valence-electron chi connectivity index (χ2n) is 5.76. The molecule has 3 aliphatic rings. The van der Waals surface area contributed by atoms with E-state index in [1.54, 1.807) is 29.2 Å². The SMILES string of the molecule is Nc1ccc(N2C(=O)C3C4C=CC(C4)C3C2O)cc1. The summed E-state index contributed by atoms with van der Waals surface area (Å²) in [6, 6.07) is 7.12. The van der Waals surface area contributed by atoms with Crippen LogP contribution in [0.2, 0.25) is 0 Å². The summed E-state index contributed by atoms with van der Waals surface area (Å²) in [6.45, 7) is 0. The highest BCUT2D eigenvalue weighted by atomic mass is 16.3. The van der Waals surface area contributed by atoms with Crippen molar-refractivity contribution in [2.45, 2.75) is 12.6 Å². The molecule has 2 bridgehead atoms. The molecule has 1 aromatic rings. The van der Waals surface area contributed by atoms with E-state index in [1.807, 2.05) is 0 Å². The third-order valence-corrected chi connectivity index (χ3v) is 4.82. The zero-order chi connectivity index (χ0) is 13.1. The van der Waals surface area contributed by atoms with Crippen molar-refractivity contribution < 1.29 is 9.90 Å². The predicted octanol–water partition coefficient (Wildman–Crippen LogP) is 1.37. The van der Waals surface area contributed by atoms with E-state index in [2.05, 4.69) is 12.2 Å². The van der Waals surface area contributed by atoms with Crippen LogP contribution in [-0.4, -0.2) is 17.2 Å². The highest BCUT2D eigenvalue weighted by Crippen LogP contribution is 2.54. The number of anilines is 2. The first-order valence-corrected chi connectivity index (χ1v) is 6.72. The molecule has 98 valence electrons. The Morgan fingerprint density at radius 1 is 1.16 bits per heavy atom. The Bertz CT molecular complexity index is 566. The molecule has 5 atom stereocenters. The molecule has 0 spiro atoms. The van der Waals surface area contributed by atoms with E-state index in [-0.39, 0.29) is 17.7 Å². The predicted molar refractivity (Wildman–Crippen MR) is 72.1 cm³/mol. The molecule has 1 amide bonds. The van der Waals surface area contributed by atoms with Gasteiger partial charge in [-0.2, -0.15) is 0 Å². The van der Waals surface area contributed by atoms with Gasteiger partial charge in [0.15, 0.2) is 0 Å². The van der Waals surface area contributed by atoms with Crippen LogP contribution >= 0.6 is 0 Å². The van der Waals surface area contributed by atoms with Gasteiger partial charge in [-0.1, -0.05) is 12.2 Å². The number of allylic oxidation sites excluding steroid dienone is 2. The van der Waals surface area contributed by atoms with Crippen LogP contribution in [0.1, 0.15) is 6.42 Å². The van der Waals surface area contributed by atoms with Crippen LogP contribution in [0, 0.1) is 23.7 Å². The van der Waals surface area contributed by atoms with Gasteiger partial charge in [-0.3, -0.25) is 9.69 Å². The van der Waals surface area contributed by atoms with E-state index in [0.717, 1.165) is 12.1 Å². The van der Waals surface area contributed by atoms with Crippen molar-refractivity contribution in [3.63, 3.8) is 0 Å². The first-order valence-electron chi connectivity index (χ1n) is 6.72. The number of nitrogens with two attached hydrogens (primary N) is 1. The number of hydrogen-bond donors (Lipinski definition) is 2. The topological polar surface area (TPSA) is 66.6 Å². The molecule has 4 nitrogen and oxygen atoms in total. The Hall–Kier alpha value is -1.81. The van der Waals surface area contributed by atoms with Crippen LogP contribution in [-0.2, 0) is 4.79 Å². The van der Waals surface area contributed by atoms with Crippen molar-refractivity contribution in [1.29, 1.82) is 0 Å². The average molecular weight is 256 g/mol. The minimum Gasteiger partial charge on any atom is -0.399 e. The van der Waals surface area contributed by atoms with Gasteiger partial charge in [0.1, 0.15) is 6.23 Å². The van der Waals surface area contributed by atoms with E-state index in [9.17, 15) is 9.90 Å². The summed E-state index contributed by atoms with van der Waals surface area (Å²) in [5.74, 6) is 0.741. The molecule has 1 saturated heterocycles. The maximum atomic E-state index is 12.6. The molecule has 1 saturated carbocycles. The van der Waals surface area contributed by atoms with Gasteiger partial charge in [0.2, 0.25) is 5.91 Å². The van der Waals surface area contributed by atoms with Crippen LogP contribution in [0.5, 0.6) is 0 Å². The Morgan fingerprint density at radius 2 is 1.84 bits per heavy atom. The van der Waals surface area contributed by atoms with E-state index >= 15 is 0 Å². The first-order chi connectivity index (χ1) is 9.16. The maximum absolute atomic E-state index is 12.6. The minimum atomic E-state index is -0.707. The molecule has 19 heavy (non-hydrogen) atoms. The zero-order valence-electron chi connectivity index (χ0n) is 10.4. The van der Waals surface area contributed by atoms with Gasteiger partial charge < -0.3 is 10.8 Å². The Morgan fingerprint density at radius 3 is 2.53 bits per heavy atom. The van der Waals surface area contributed by atoms with E-state index < -0.39 is 6.23 Å². The molecule has 2 fully saturated rings. The highest BCUT2D eigenvalue weighted by molar-refractivity contribution is 5.99. The molecule has 0 radical (unpaired) electrons. The molecule has 4 heteroatoms. The molecule has 1 heterocycles. The lowest BCUT2D eigenvalue weighted by Crippen LogP contribution is -2.36. The highest BCUT2D eigenvalue weighted by Gasteiger charge is 2.59. The number of aliphatic hydroxyl groups excluding tert-OH is 1. The molecule has 1 aliphatic heterocycles. The lowest BCUT2D eigenvalue weighted by molar-refractivity contribution is -0.121. The lowest BCUT2D eigenvalue weighted by Gasteiger charge is -2.25. The van der Waals surface area contributed by atoms with E-state index in [4.69, 9.17) is 5.73 Å². The standard InChI is InChI=1S/C15H16N2O2/c16-10-3-5-11(6-4-10)17-14(18)12-8-1-2-9(7-8)13(12)15(17)19/h1-6,8-9,12-14,18H,7,16H2. The number of rotatable bonds is 1. The number of aliphatic hydroxyl groups is 1. The summed E-state index contributed by atoms with van der Waals surface area (Å²) in [5, 5.41) is 10.5. The molecular weight excluding hydrogens is 240 g/mol. The molecule has 2 aliphatic carbocycles. The van der Waals surface area contributed by atoms with Gasteiger partial charge >= 0.3 is 0 Å². The Balaban J connectivity index is 1.72. The molecule has 5 unspecified atom stereocenters. The summed E-state index contributed by atoms with van der Waals surface area (Å²) < 4.78 is 0. The number of benzene rings is 1. The number of carbonyl (C=O) groups is 1. The number of nitrogens with zero attached hydrogens (tertiary/aromatic N) is 1. The van der Waals surface area contributed by atoms with Gasteiger partial charge in [0.25, 0.3) is 0 Å². The van der Waals surface area contributed by atoms with Crippen LogP contribution in [0.3, 0.4) is 0 Å². The van der Waals surface area contributed by atoms with Crippen molar-refractivity contribution in [1.82, 2.24) is 0 Å². The number of amides is 1. The number of hydrogen-bond acceptors (Lipinski definition) is 3. The smallest absolute Gasteiger partial charge is 0.233 e. The summed E-state index contributed by atoms with van der Waals surface area (Å²) in [6.07, 6.45) is 4.62. The fraction of sp³-hybridized carbons (Fsp3) is 0.400. The van der Waals surface area contributed by atoms with Gasteiger partial charge in [-0.15, -0.1) is 0 Å². The van der Waals surface area contributed by atoms with Gasteiger partial charge in [0, 0.05) is 17.3 Å². The number of fused-ring (bicyclic) bond motifs is 5. The largest absolute Gasteiger partial charge is 0.399 e. The molecule has 3 N–H and O–H groups in total. The minimum absolute atomic E-state index is 0.0393. The van der Waals surface area contributed by atoms with Crippen LogP contribution in [0.25, 0.3) is 0 Å². The molecule has 4 rings (SSSR count). The van der Waals surface area contributed by atoms with Gasteiger partial charge in [-0.25, -0.2) is 0 Å². The van der Waals surface area contributed by atoms with Gasteiger partial charge in [0.05, 0.1) is 5.92 Å². The Labute approximate surface area is 111 Å². The molecule has 0 aromatic heterocycles. The van der Waals surface area contributed by atoms with E-state index in [1.165, 1.54) is 0 Å². The molecular formula is C15H16N2O2. The quantitative estimate of drug-likeness (QED) is 0.589. The fourth-order valence-corrected chi connectivity index (χ4v) is 3.99. The third-order valence-electron chi connectivity index (χ3n) is 4.82. The maximum Gasteiger partial charge on any atom is 0.233 e. The summed E-state index contributed by atoms with van der Waals surface area (Å²) in [7, 11) is 0. The average Bonchev–Trinajstić information content (AvgIpc) is 3.06. The summed E-state index contributed by atoms with van der Waals surface area (Å²) in [4.78, 5) is 14.1. The van der Waals surface area contributed by atoms with Gasteiger partial charge in [-0.05, 0) is 42.5 Å². The van der Waals surface area contributed by atoms with Crippen LogP contribution in [0.4, 0.5) is 11.4 Å².